The third-order valence-electron chi connectivity index (χ3n) is 3.64. The largest absolute Gasteiger partial charge is 0.333 e. The molecule has 1 aromatic heterocycles. The smallest absolute Gasteiger partial charge is 0.321 e. The van der Waals surface area contributed by atoms with Crippen LogP contribution in [0.25, 0.3) is 11.4 Å². The summed E-state index contributed by atoms with van der Waals surface area (Å²) >= 11 is 7.23. The van der Waals surface area contributed by atoms with Crippen LogP contribution in [0.15, 0.2) is 29.4 Å². The molecule has 0 aliphatic carbocycles. The molecule has 0 aliphatic rings. The van der Waals surface area contributed by atoms with Crippen molar-refractivity contribution in [1.82, 2.24) is 25.4 Å². The minimum absolute atomic E-state index is 0.383. The first-order valence-electron chi connectivity index (χ1n) is 9.09. The highest BCUT2D eigenvalue weighted by Gasteiger charge is 2.23. The van der Waals surface area contributed by atoms with E-state index >= 15 is 0 Å². The SMILES string of the molecule is CCCn1c(S[C@@H](C)C(=O)NC(=O)NC(C)(C)C)nnc1-c1ccc(Cl)cc1. The van der Waals surface area contributed by atoms with E-state index in [1.807, 2.05) is 37.5 Å². The van der Waals surface area contributed by atoms with Crippen molar-refractivity contribution in [3.63, 3.8) is 0 Å². The first-order chi connectivity index (χ1) is 13.1. The Hall–Kier alpha value is -2.06. The lowest BCUT2D eigenvalue weighted by Crippen LogP contribution is -2.49. The Morgan fingerprint density at radius 3 is 2.43 bits per heavy atom. The van der Waals surface area contributed by atoms with Gasteiger partial charge in [-0.1, -0.05) is 30.3 Å². The van der Waals surface area contributed by atoms with Crippen LogP contribution in [-0.2, 0) is 11.3 Å². The first kappa shape index (κ1) is 22.2. The molecule has 152 valence electrons. The zero-order valence-corrected chi connectivity index (χ0v) is 18.3. The predicted molar refractivity (Wildman–Crippen MR) is 113 cm³/mol. The molecule has 1 atom stereocenters. The minimum atomic E-state index is -0.512. The number of hydrogen-bond donors (Lipinski definition) is 2. The average molecular weight is 424 g/mol. The quantitative estimate of drug-likeness (QED) is 0.682. The third-order valence-corrected chi connectivity index (χ3v) is 4.98. The second-order valence-corrected chi connectivity index (χ2v) is 9.16. The van der Waals surface area contributed by atoms with Gasteiger partial charge in [0.25, 0.3) is 0 Å². The fourth-order valence-corrected chi connectivity index (χ4v) is 3.41. The van der Waals surface area contributed by atoms with E-state index in [1.165, 1.54) is 11.8 Å². The van der Waals surface area contributed by atoms with E-state index in [9.17, 15) is 9.59 Å². The summed E-state index contributed by atoms with van der Waals surface area (Å²) < 4.78 is 1.98. The Morgan fingerprint density at radius 1 is 1.21 bits per heavy atom. The molecule has 0 bridgehead atoms. The molecule has 3 amide bonds. The molecule has 2 aromatic rings. The number of urea groups is 1. The molecule has 28 heavy (non-hydrogen) atoms. The van der Waals surface area contributed by atoms with E-state index < -0.39 is 16.8 Å². The lowest BCUT2D eigenvalue weighted by atomic mass is 10.1. The first-order valence-corrected chi connectivity index (χ1v) is 10.3. The Labute approximate surface area is 174 Å². The number of carbonyl (C=O) groups is 2. The van der Waals surface area contributed by atoms with Crippen molar-refractivity contribution in [3.8, 4) is 11.4 Å². The number of imide groups is 1. The lowest BCUT2D eigenvalue weighted by Gasteiger charge is -2.21. The second-order valence-electron chi connectivity index (χ2n) is 7.42. The minimum Gasteiger partial charge on any atom is -0.333 e. The van der Waals surface area contributed by atoms with Crippen LogP contribution in [0.3, 0.4) is 0 Å². The van der Waals surface area contributed by atoms with Gasteiger partial charge in [0.15, 0.2) is 11.0 Å². The number of amides is 3. The number of nitrogens with zero attached hydrogens (tertiary/aromatic N) is 3. The maximum absolute atomic E-state index is 12.4. The van der Waals surface area contributed by atoms with Crippen LogP contribution in [0.4, 0.5) is 4.79 Å². The van der Waals surface area contributed by atoms with Crippen LogP contribution in [0, 0.1) is 0 Å². The molecule has 1 aromatic carbocycles. The fourth-order valence-electron chi connectivity index (χ4n) is 2.41. The standard InChI is InChI=1S/C19H26ClN5O2S/c1-6-11-25-15(13-7-9-14(20)10-8-13)23-24-18(25)28-12(2)16(26)21-17(27)22-19(3,4)5/h7-10,12H,6,11H2,1-5H3,(H2,21,22,26,27)/t12-/m0/s1. The summed E-state index contributed by atoms with van der Waals surface area (Å²) in [5.41, 5.74) is 0.481. The van der Waals surface area contributed by atoms with Gasteiger partial charge in [0.2, 0.25) is 5.91 Å². The molecule has 0 fully saturated rings. The zero-order chi connectivity index (χ0) is 20.9. The van der Waals surface area contributed by atoms with E-state index in [2.05, 4.69) is 27.8 Å². The summed E-state index contributed by atoms with van der Waals surface area (Å²) in [6, 6.07) is 6.87. The number of halogens is 1. The fraction of sp³-hybridized carbons (Fsp3) is 0.474. The highest BCUT2D eigenvalue weighted by molar-refractivity contribution is 8.00. The summed E-state index contributed by atoms with van der Waals surface area (Å²) in [5, 5.41) is 14.4. The summed E-state index contributed by atoms with van der Waals surface area (Å²) in [5.74, 6) is 0.338. The Kier molecular flexibility index (Phi) is 7.48. The molecular weight excluding hydrogens is 398 g/mol. The van der Waals surface area contributed by atoms with Crippen molar-refractivity contribution in [1.29, 1.82) is 0 Å². The van der Waals surface area contributed by atoms with Gasteiger partial charge in [-0.2, -0.15) is 0 Å². The van der Waals surface area contributed by atoms with Gasteiger partial charge in [0, 0.05) is 22.7 Å². The molecule has 0 radical (unpaired) electrons. The summed E-state index contributed by atoms with van der Waals surface area (Å²) in [6.07, 6.45) is 0.890. The van der Waals surface area contributed by atoms with E-state index in [0.29, 0.717) is 16.7 Å². The van der Waals surface area contributed by atoms with Gasteiger partial charge in [0.1, 0.15) is 0 Å². The van der Waals surface area contributed by atoms with Gasteiger partial charge in [-0.3, -0.25) is 10.1 Å². The molecule has 2 rings (SSSR count). The molecule has 0 spiro atoms. The van der Waals surface area contributed by atoms with E-state index in [4.69, 9.17) is 11.6 Å². The molecule has 0 saturated heterocycles. The molecular formula is C19H26ClN5O2S. The maximum Gasteiger partial charge on any atom is 0.321 e. The Morgan fingerprint density at radius 2 is 1.86 bits per heavy atom. The van der Waals surface area contributed by atoms with Gasteiger partial charge in [-0.25, -0.2) is 4.79 Å². The van der Waals surface area contributed by atoms with Gasteiger partial charge in [0.05, 0.1) is 5.25 Å². The molecule has 0 saturated carbocycles. The third kappa shape index (κ3) is 6.24. The molecule has 0 unspecified atom stereocenters. The van der Waals surface area contributed by atoms with E-state index in [1.54, 1.807) is 19.1 Å². The molecule has 0 aliphatic heterocycles. The topological polar surface area (TPSA) is 88.9 Å². The monoisotopic (exact) mass is 423 g/mol. The van der Waals surface area contributed by atoms with Crippen LogP contribution in [-0.4, -0.2) is 37.5 Å². The van der Waals surface area contributed by atoms with Gasteiger partial charge >= 0.3 is 6.03 Å². The van der Waals surface area contributed by atoms with Crippen molar-refractivity contribution < 1.29 is 9.59 Å². The maximum atomic E-state index is 12.4. The number of rotatable bonds is 6. The summed E-state index contributed by atoms with van der Waals surface area (Å²) in [6.45, 7) is 10.1. The van der Waals surface area contributed by atoms with E-state index in [0.717, 1.165) is 17.8 Å². The van der Waals surface area contributed by atoms with Crippen LogP contribution < -0.4 is 10.6 Å². The van der Waals surface area contributed by atoms with Gasteiger partial charge < -0.3 is 9.88 Å². The molecule has 2 N–H and O–H groups in total. The summed E-state index contributed by atoms with van der Waals surface area (Å²) in [7, 11) is 0. The number of nitrogens with one attached hydrogen (secondary N) is 2. The van der Waals surface area contributed by atoms with Crippen molar-refractivity contribution >= 4 is 35.3 Å². The highest BCUT2D eigenvalue weighted by atomic mass is 35.5. The average Bonchev–Trinajstić information content (AvgIpc) is 2.96. The predicted octanol–water partition coefficient (Wildman–Crippen LogP) is 4.11. The molecule has 7 nitrogen and oxygen atoms in total. The zero-order valence-electron chi connectivity index (χ0n) is 16.7. The number of aromatic nitrogens is 3. The second kappa shape index (κ2) is 9.43. The van der Waals surface area contributed by atoms with E-state index in [-0.39, 0.29) is 5.91 Å². The number of hydrogen-bond acceptors (Lipinski definition) is 5. The van der Waals surface area contributed by atoms with Crippen LogP contribution in [0.1, 0.15) is 41.0 Å². The Bertz CT molecular complexity index is 830. The van der Waals surface area contributed by atoms with Crippen LogP contribution in [0.5, 0.6) is 0 Å². The molecule has 9 heteroatoms. The van der Waals surface area contributed by atoms with Crippen molar-refractivity contribution in [2.45, 2.75) is 63.5 Å². The van der Waals surface area contributed by atoms with Crippen molar-refractivity contribution in [2.75, 3.05) is 0 Å². The number of carbonyl (C=O) groups excluding carboxylic acids is 2. The van der Waals surface area contributed by atoms with Gasteiger partial charge in [-0.05, 0) is 58.4 Å². The Balaban J connectivity index is 2.13. The number of benzene rings is 1. The summed E-state index contributed by atoms with van der Waals surface area (Å²) in [4.78, 5) is 24.3. The lowest BCUT2D eigenvalue weighted by molar-refractivity contribution is -0.119. The van der Waals surface area contributed by atoms with Crippen molar-refractivity contribution in [3.05, 3.63) is 29.3 Å². The normalized spacial score (nSPS) is 12.5. The van der Waals surface area contributed by atoms with Crippen molar-refractivity contribution in [2.24, 2.45) is 0 Å². The number of thioether (sulfide) groups is 1. The molecule has 1 heterocycles. The van der Waals surface area contributed by atoms with Crippen LogP contribution in [0.2, 0.25) is 5.02 Å². The van der Waals surface area contributed by atoms with Crippen LogP contribution >= 0.6 is 23.4 Å². The highest BCUT2D eigenvalue weighted by Crippen LogP contribution is 2.28. The van der Waals surface area contributed by atoms with Gasteiger partial charge in [-0.15, -0.1) is 10.2 Å².